The minimum absolute atomic E-state index is 0.109. The molecule has 0 aliphatic carbocycles. The molecule has 1 fully saturated rings. The molecule has 2 atom stereocenters. The van der Waals surface area contributed by atoms with Crippen molar-refractivity contribution in [2.75, 3.05) is 19.7 Å². The van der Waals surface area contributed by atoms with Crippen LogP contribution in [-0.4, -0.2) is 41.9 Å². The van der Waals surface area contributed by atoms with Gasteiger partial charge in [0.15, 0.2) is 0 Å². The molecule has 1 heterocycles. The second kappa shape index (κ2) is 8.00. The van der Waals surface area contributed by atoms with Crippen LogP contribution in [0.1, 0.15) is 22.6 Å². The van der Waals surface area contributed by atoms with Gasteiger partial charge in [0.25, 0.3) is 0 Å². The molecule has 2 unspecified atom stereocenters. The SMILES string of the molecule is O=C(O)N1CCOC(C(Cc2ccccc2C(F)(F)F)c2ccccc2)C1. The Morgan fingerprint density at radius 1 is 1.15 bits per heavy atom. The topological polar surface area (TPSA) is 49.8 Å². The lowest BCUT2D eigenvalue weighted by molar-refractivity contribution is -0.138. The molecule has 1 amide bonds. The lowest BCUT2D eigenvalue weighted by Crippen LogP contribution is -2.47. The highest BCUT2D eigenvalue weighted by molar-refractivity contribution is 5.65. The van der Waals surface area contributed by atoms with E-state index in [4.69, 9.17) is 4.74 Å². The quantitative estimate of drug-likeness (QED) is 0.856. The fourth-order valence-electron chi connectivity index (χ4n) is 3.47. The molecule has 27 heavy (non-hydrogen) atoms. The van der Waals surface area contributed by atoms with E-state index in [-0.39, 0.29) is 31.7 Å². The summed E-state index contributed by atoms with van der Waals surface area (Å²) in [7, 11) is 0. The highest BCUT2D eigenvalue weighted by Gasteiger charge is 2.36. The number of amides is 1. The van der Waals surface area contributed by atoms with Gasteiger partial charge in [-0.25, -0.2) is 4.79 Å². The second-order valence-corrected chi connectivity index (χ2v) is 6.51. The minimum Gasteiger partial charge on any atom is -0.465 e. The number of alkyl halides is 3. The van der Waals surface area contributed by atoms with Gasteiger partial charge in [-0.3, -0.25) is 0 Å². The standard InChI is InChI=1S/C20H20F3NO3/c21-20(22,23)17-9-5-4-8-15(17)12-16(14-6-2-1-3-7-14)18-13-24(19(25)26)10-11-27-18/h1-9,16,18H,10-13H2,(H,25,26). The third-order valence-corrected chi connectivity index (χ3v) is 4.80. The number of rotatable bonds is 4. The molecule has 1 N–H and O–H groups in total. The van der Waals surface area contributed by atoms with E-state index in [0.717, 1.165) is 11.6 Å². The Hall–Kier alpha value is -2.54. The summed E-state index contributed by atoms with van der Waals surface area (Å²) in [6, 6.07) is 14.6. The molecule has 0 aromatic heterocycles. The molecule has 0 radical (unpaired) electrons. The van der Waals surface area contributed by atoms with E-state index in [9.17, 15) is 23.1 Å². The van der Waals surface area contributed by atoms with Crippen LogP contribution < -0.4 is 0 Å². The number of benzene rings is 2. The molecule has 0 bridgehead atoms. The van der Waals surface area contributed by atoms with E-state index >= 15 is 0 Å². The Morgan fingerprint density at radius 3 is 2.48 bits per heavy atom. The lowest BCUT2D eigenvalue weighted by atomic mass is 9.85. The smallest absolute Gasteiger partial charge is 0.416 e. The van der Waals surface area contributed by atoms with E-state index in [1.165, 1.54) is 17.0 Å². The van der Waals surface area contributed by atoms with Gasteiger partial charge in [-0.05, 0) is 23.6 Å². The van der Waals surface area contributed by atoms with E-state index < -0.39 is 29.9 Å². The first kappa shape index (κ1) is 19.2. The van der Waals surface area contributed by atoms with Crippen LogP contribution in [0.5, 0.6) is 0 Å². The third kappa shape index (κ3) is 4.60. The zero-order valence-electron chi connectivity index (χ0n) is 14.5. The van der Waals surface area contributed by atoms with Gasteiger partial charge in [-0.1, -0.05) is 48.5 Å². The Bertz CT molecular complexity index is 780. The highest BCUT2D eigenvalue weighted by Crippen LogP contribution is 2.36. The molecule has 1 aliphatic rings. The van der Waals surface area contributed by atoms with Crippen LogP contribution in [0.3, 0.4) is 0 Å². The number of ether oxygens (including phenoxy) is 1. The van der Waals surface area contributed by atoms with E-state index in [2.05, 4.69) is 0 Å². The molecular formula is C20H20F3NO3. The van der Waals surface area contributed by atoms with Gasteiger partial charge in [0.05, 0.1) is 24.8 Å². The average molecular weight is 379 g/mol. The van der Waals surface area contributed by atoms with Gasteiger partial charge in [-0.2, -0.15) is 13.2 Å². The van der Waals surface area contributed by atoms with Gasteiger partial charge in [-0.15, -0.1) is 0 Å². The first-order valence-corrected chi connectivity index (χ1v) is 8.66. The second-order valence-electron chi connectivity index (χ2n) is 6.51. The summed E-state index contributed by atoms with van der Waals surface area (Å²) in [6.07, 6.45) is -5.90. The molecule has 2 aromatic carbocycles. The zero-order chi connectivity index (χ0) is 19.4. The molecule has 2 aromatic rings. The van der Waals surface area contributed by atoms with Crippen LogP contribution in [0.15, 0.2) is 54.6 Å². The molecule has 0 spiro atoms. The molecule has 7 heteroatoms. The minimum atomic E-state index is -4.45. The molecule has 1 aliphatic heterocycles. The summed E-state index contributed by atoms with van der Waals surface area (Å²) >= 11 is 0. The Labute approximate surface area is 155 Å². The van der Waals surface area contributed by atoms with E-state index in [0.29, 0.717) is 0 Å². The van der Waals surface area contributed by atoms with Crippen LogP contribution in [0, 0.1) is 0 Å². The van der Waals surface area contributed by atoms with Gasteiger partial charge < -0.3 is 14.7 Å². The van der Waals surface area contributed by atoms with Crippen LogP contribution in [0.4, 0.5) is 18.0 Å². The predicted molar refractivity (Wildman–Crippen MR) is 93.7 cm³/mol. The van der Waals surface area contributed by atoms with E-state index in [1.54, 1.807) is 6.07 Å². The summed E-state index contributed by atoms with van der Waals surface area (Å²) in [4.78, 5) is 12.6. The normalized spacial score (nSPS) is 18.9. The maximum atomic E-state index is 13.4. The molecule has 0 saturated carbocycles. The number of nitrogens with zero attached hydrogens (tertiary/aromatic N) is 1. The van der Waals surface area contributed by atoms with Crippen molar-refractivity contribution in [3.05, 3.63) is 71.3 Å². The molecular weight excluding hydrogens is 359 g/mol. The molecule has 3 rings (SSSR count). The monoisotopic (exact) mass is 379 g/mol. The zero-order valence-corrected chi connectivity index (χ0v) is 14.5. The van der Waals surface area contributed by atoms with Crippen molar-refractivity contribution < 1.29 is 27.8 Å². The Balaban J connectivity index is 1.94. The Morgan fingerprint density at radius 2 is 1.81 bits per heavy atom. The molecule has 4 nitrogen and oxygen atoms in total. The highest BCUT2D eigenvalue weighted by atomic mass is 19.4. The van der Waals surface area contributed by atoms with Gasteiger partial charge in [0.1, 0.15) is 0 Å². The van der Waals surface area contributed by atoms with Crippen molar-refractivity contribution >= 4 is 6.09 Å². The van der Waals surface area contributed by atoms with E-state index in [1.807, 2.05) is 30.3 Å². The number of carbonyl (C=O) groups is 1. The first-order valence-electron chi connectivity index (χ1n) is 8.66. The van der Waals surface area contributed by atoms with Crippen LogP contribution in [0.25, 0.3) is 0 Å². The number of hydrogen-bond acceptors (Lipinski definition) is 2. The maximum absolute atomic E-state index is 13.4. The van der Waals surface area contributed by atoms with Crippen molar-refractivity contribution in [3.8, 4) is 0 Å². The fraction of sp³-hybridized carbons (Fsp3) is 0.350. The van der Waals surface area contributed by atoms with Gasteiger partial charge in [0, 0.05) is 12.5 Å². The van der Waals surface area contributed by atoms with Crippen molar-refractivity contribution in [3.63, 3.8) is 0 Å². The van der Waals surface area contributed by atoms with Crippen LogP contribution in [-0.2, 0) is 17.3 Å². The van der Waals surface area contributed by atoms with Gasteiger partial charge >= 0.3 is 12.3 Å². The summed E-state index contributed by atoms with van der Waals surface area (Å²) in [6.45, 7) is 0.608. The van der Waals surface area contributed by atoms with Crippen LogP contribution in [0.2, 0.25) is 0 Å². The predicted octanol–water partition coefficient (Wildman–Crippen LogP) is 4.41. The van der Waals surface area contributed by atoms with Crippen molar-refractivity contribution in [1.29, 1.82) is 0 Å². The van der Waals surface area contributed by atoms with Gasteiger partial charge in [0.2, 0.25) is 0 Å². The first-order chi connectivity index (χ1) is 12.9. The van der Waals surface area contributed by atoms with Crippen molar-refractivity contribution in [1.82, 2.24) is 4.90 Å². The fourth-order valence-corrected chi connectivity index (χ4v) is 3.47. The molecule has 144 valence electrons. The van der Waals surface area contributed by atoms with Crippen LogP contribution >= 0.6 is 0 Å². The summed E-state index contributed by atoms with van der Waals surface area (Å²) in [5.74, 6) is -0.392. The third-order valence-electron chi connectivity index (χ3n) is 4.80. The summed E-state index contributed by atoms with van der Waals surface area (Å²) < 4.78 is 46.0. The number of morpholine rings is 1. The molecule has 1 saturated heterocycles. The number of carboxylic acid groups (broad SMARTS) is 1. The van der Waals surface area contributed by atoms with Crippen molar-refractivity contribution in [2.45, 2.75) is 24.6 Å². The Kier molecular flexibility index (Phi) is 5.70. The number of hydrogen-bond donors (Lipinski definition) is 1. The number of halogens is 3. The van der Waals surface area contributed by atoms with Crippen molar-refractivity contribution in [2.24, 2.45) is 0 Å². The lowest BCUT2D eigenvalue weighted by Gasteiger charge is -2.36. The summed E-state index contributed by atoms with van der Waals surface area (Å²) in [5, 5.41) is 9.27. The summed E-state index contributed by atoms with van der Waals surface area (Å²) in [5.41, 5.74) is 0.332. The largest absolute Gasteiger partial charge is 0.465 e. The maximum Gasteiger partial charge on any atom is 0.416 e. The average Bonchev–Trinajstić information content (AvgIpc) is 2.66.